The lowest BCUT2D eigenvalue weighted by atomic mass is 10.0. The van der Waals surface area contributed by atoms with E-state index in [1.165, 1.54) is 5.56 Å². The van der Waals surface area contributed by atoms with Crippen LogP contribution in [0, 0.1) is 13.8 Å². The molecule has 2 aromatic rings. The molecule has 2 aromatic heterocycles. The van der Waals surface area contributed by atoms with Crippen molar-refractivity contribution >= 4 is 15.9 Å². The van der Waals surface area contributed by atoms with Crippen LogP contribution in [0.25, 0.3) is 0 Å². The van der Waals surface area contributed by atoms with E-state index in [4.69, 9.17) is 0 Å². The average Bonchev–Trinajstić information content (AvgIpc) is 2.65. The maximum Gasteiger partial charge on any atom is 0.153 e. The van der Waals surface area contributed by atoms with Gasteiger partial charge in [0.2, 0.25) is 0 Å². The molecule has 0 amide bonds. The summed E-state index contributed by atoms with van der Waals surface area (Å²) in [6.07, 6.45) is 0. The van der Waals surface area contributed by atoms with Crippen LogP contribution in [0.15, 0.2) is 16.7 Å². The average molecular weight is 324 g/mol. The van der Waals surface area contributed by atoms with Gasteiger partial charge in [0.25, 0.3) is 0 Å². The highest BCUT2D eigenvalue weighted by Gasteiger charge is 2.21. The summed E-state index contributed by atoms with van der Waals surface area (Å²) in [5, 5.41) is 11.6. The third-order valence-electron chi connectivity index (χ3n) is 2.95. The van der Waals surface area contributed by atoms with Gasteiger partial charge < -0.3 is 5.32 Å². The summed E-state index contributed by atoms with van der Waals surface area (Å²) < 4.78 is 2.57. The molecule has 0 fully saturated rings. The van der Waals surface area contributed by atoms with Gasteiger partial charge in [-0.15, -0.1) is 5.10 Å². The van der Waals surface area contributed by atoms with Crippen LogP contribution in [-0.2, 0) is 7.05 Å². The molecule has 0 spiro atoms. The van der Waals surface area contributed by atoms with E-state index in [0.717, 1.165) is 28.2 Å². The third-order valence-corrected chi connectivity index (χ3v) is 3.51. The van der Waals surface area contributed by atoms with Crippen LogP contribution >= 0.6 is 15.9 Å². The van der Waals surface area contributed by atoms with E-state index >= 15 is 0 Å². The number of aryl methyl sites for hydroxylation is 3. The molecule has 1 unspecified atom stereocenters. The number of hydrogen-bond donors (Lipinski definition) is 1. The van der Waals surface area contributed by atoms with Crippen LogP contribution in [0.1, 0.15) is 35.6 Å². The first kappa shape index (κ1) is 14.1. The van der Waals surface area contributed by atoms with Gasteiger partial charge >= 0.3 is 0 Å². The SMILES string of the molecule is CCNC(c1cc(C)nc(C)c1)c1c(Br)nnn1C. The minimum atomic E-state index is 0.0553. The van der Waals surface area contributed by atoms with Crippen LogP contribution < -0.4 is 5.32 Å². The zero-order valence-corrected chi connectivity index (χ0v) is 13.2. The largest absolute Gasteiger partial charge is 0.305 e. The first-order valence-electron chi connectivity index (χ1n) is 6.26. The van der Waals surface area contributed by atoms with E-state index in [1.54, 1.807) is 4.68 Å². The molecule has 2 rings (SSSR count). The molecule has 0 saturated heterocycles. The second kappa shape index (κ2) is 5.79. The minimum Gasteiger partial charge on any atom is -0.305 e. The van der Waals surface area contributed by atoms with Crippen molar-refractivity contribution in [1.82, 2.24) is 25.3 Å². The van der Waals surface area contributed by atoms with Gasteiger partial charge in [-0.05, 0) is 54.0 Å². The van der Waals surface area contributed by atoms with Gasteiger partial charge in [0.15, 0.2) is 4.60 Å². The quantitative estimate of drug-likeness (QED) is 0.937. The van der Waals surface area contributed by atoms with E-state index in [1.807, 2.05) is 20.9 Å². The summed E-state index contributed by atoms with van der Waals surface area (Å²) in [5.74, 6) is 0. The highest BCUT2D eigenvalue weighted by atomic mass is 79.9. The van der Waals surface area contributed by atoms with Gasteiger partial charge in [-0.1, -0.05) is 12.1 Å². The number of nitrogens with zero attached hydrogens (tertiary/aromatic N) is 4. The Balaban J connectivity index is 2.51. The Kier molecular flexibility index (Phi) is 4.31. The Labute approximate surface area is 121 Å². The zero-order valence-electron chi connectivity index (χ0n) is 11.6. The molecule has 0 bridgehead atoms. The molecule has 1 atom stereocenters. The summed E-state index contributed by atoms with van der Waals surface area (Å²) in [6, 6.07) is 4.25. The number of pyridine rings is 1. The molecule has 2 heterocycles. The monoisotopic (exact) mass is 323 g/mol. The molecule has 6 heteroatoms. The molecule has 0 saturated carbocycles. The topological polar surface area (TPSA) is 55.6 Å². The fourth-order valence-corrected chi connectivity index (χ4v) is 2.81. The molecule has 0 aliphatic rings. The van der Waals surface area contributed by atoms with Crippen LogP contribution in [0.2, 0.25) is 0 Å². The summed E-state index contributed by atoms with van der Waals surface area (Å²) >= 11 is 3.47. The van der Waals surface area contributed by atoms with Gasteiger partial charge in [0.1, 0.15) is 0 Å². The van der Waals surface area contributed by atoms with Gasteiger partial charge in [0.05, 0.1) is 11.7 Å². The first-order chi connectivity index (χ1) is 9.02. The van der Waals surface area contributed by atoms with Crippen molar-refractivity contribution in [3.05, 3.63) is 39.4 Å². The molecule has 102 valence electrons. The van der Waals surface area contributed by atoms with Crippen molar-refractivity contribution in [3.8, 4) is 0 Å². The van der Waals surface area contributed by atoms with Gasteiger partial charge in [-0.25, -0.2) is 4.68 Å². The van der Waals surface area contributed by atoms with Crippen molar-refractivity contribution in [2.45, 2.75) is 26.8 Å². The van der Waals surface area contributed by atoms with E-state index < -0.39 is 0 Å². The lowest BCUT2D eigenvalue weighted by molar-refractivity contribution is 0.566. The van der Waals surface area contributed by atoms with E-state index in [-0.39, 0.29) is 6.04 Å². The molecule has 0 aromatic carbocycles. The first-order valence-corrected chi connectivity index (χ1v) is 7.06. The fraction of sp³-hybridized carbons (Fsp3) is 0.462. The van der Waals surface area contributed by atoms with Crippen LogP contribution in [0.5, 0.6) is 0 Å². The lowest BCUT2D eigenvalue weighted by Gasteiger charge is -2.19. The molecule has 1 N–H and O–H groups in total. The van der Waals surface area contributed by atoms with Crippen molar-refractivity contribution in [3.63, 3.8) is 0 Å². The van der Waals surface area contributed by atoms with Gasteiger partial charge in [-0.2, -0.15) is 0 Å². The smallest absolute Gasteiger partial charge is 0.153 e. The van der Waals surface area contributed by atoms with E-state index in [2.05, 4.69) is 55.6 Å². The highest BCUT2D eigenvalue weighted by Crippen LogP contribution is 2.27. The minimum absolute atomic E-state index is 0.0553. The van der Waals surface area contributed by atoms with Crippen LogP contribution in [0.3, 0.4) is 0 Å². The standard InChI is InChI=1S/C13H18BrN5/c1-5-15-11(12-13(14)17-18-19(12)4)10-6-8(2)16-9(3)7-10/h6-7,11,15H,5H2,1-4H3. The second-order valence-corrected chi connectivity index (χ2v) is 5.31. The summed E-state index contributed by atoms with van der Waals surface area (Å²) in [6.45, 7) is 6.97. The summed E-state index contributed by atoms with van der Waals surface area (Å²) in [7, 11) is 1.90. The lowest BCUT2D eigenvalue weighted by Crippen LogP contribution is -2.25. The molecule has 5 nitrogen and oxygen atoms in total. The Hall–Kier alpha value is -1.27. The van der Waals surface area contributed by atoms with Gasteiger partial charge in [0, 0.05) is 18.4 Å². The number of rotatable bonds is 4. The zero-order chi connectivity index (χ0) is 14.0. The van der Waals surface area contributed by atoms with Crippen molar-refractivity contribution < 1.29 is 0 Å². The predicted octanol–water partition coefficient (Wildman–Crippen LogP) is 2.29. The van der Waals surface area contributed by atoms with Crippen LogP contribution in [-0.4, -0.2) is 26.5 Å². The molecule has 0 aliphatic carbocycles. The maximum atomic E-state index is 4.43. The fourth-order valence-electron chi connectivity index (χ4n) is 2.26. The van der Waals surface area contributed by atoms with E-state index in [9.17, 15) is 0 Å². The Morgan fingerprint density at radius 3 is 2.42 bits per heavy atom. The number of nitrogens with one attached hydrogen (secondary N) is 1. The Morgan fingerprint density at radius 1 is 1.32 bits per heavy atom. The predicted molar refractivity (Wildman–Crippen MR) is 77.9 cm³/mol. The molecular formula is C13H18BrN5. The molecule has 19 heavy (non-hydrogen) atoms. The molecule has 0 aliphatic heterocycles. The summed E-state index contributed by atoms with van der Waals surface area (Å²) in [5.41, 5.74) is 4.23. The molecule has 0 radical (unpaired) electrons. The van der Waals surface area contributed by atoms with Crippen LogP contribution in [0.4, 0.5) is 0 Å². The van der Waals surface area contributed by atoms with E-state index in [0.29, 0.717) is 0 Å². The van der Waals surface area contributed by atoms with Crippen molar-refractivity contribution in [2.24, 2.45) is 7.05 Å². The number of aromatic nitrogens is 4. The molecular weight excluding hydrogens is 306 g/mol. The highest BCUT2D eigenvalue weighted by molar-refractivity contribution is 9.10. The summed E-state index contributed by atoms with van der Waals surface area (Å²) in [4.78, 5) is 4.43. The Morgan fingerprint density at radius 2 is 1.95 bits per heavy atom. The van der Waals surface area contributed by atoms with Gasteiger partial charge in [-0.3, -0.25) is 4.98 Å². The van der Waals surface area contributed by atoms with Crippen molar-refractivity contribution in [1.29, 1.82) is 0 Å². The second-order valence-electron chi connectivity index (χ2n) is 4.56. The Bertz CT molecular complexity index is 539. The normalized spacial score (nSPS) is 12.7. The van der Waals surface area contributed by atoms with Crippen molar-refractivity contribution in [2.75, 3.05) is 6.54 Å². The number of hydrogen-bond acceptors (Lipinski definition) is 4. The third kappa shape index (κ3) is 3.01. The number of halogens is 1. The maximum absolute atomic E-state index is 4.43.